The molecule has 3 aromatic carbocycles. The first-order valence-electron chi connectivity index (χ1n) is 10.1. The van der Waals surface area contributed by atoms with Gasteiger partial charge < -0.3 is 9.88 Å². The van der Waals surface area contributed by atoms with Crippen molar-refractivity contribution in [2.24, 2.45) is 0 Å². The standard InChI is InChI=1S/C25H21N3O4/c1-16-10-11-21(12-17(16)2)27(25(30)19-7-5-8-22(14-19)28(31)32)15-20-13-18-6-3-4-9-23(18)26-24(20)29/h3-14H,15H2,1-2H3,(H,26,29). The first kappa shape index (κ1) is 21.0. The second-order valence-electron chi connectivity index (χ2n) is 7.68. The van der Waals surface area contributed by atoms with Crippen LogP contribution in [0.5, 0.6) is 0 Å². The number of para-hydroxylation sites is 1. The lowest BCUT2D eigenvalue weighted by Crippen LogP contribution is -2.33. The molecule has 1 heterocycles. The molecule has 7 nitrogen and oxygen atoms in total. The van der Waals surface area contributed by atoms with E-state index in [0.29, 0.717) is 16.8 Å². The number of rotatable bonds is 5. The van der Waals surface area contributed by atoms with Crippen LogP contribution in [0.15, 0.2) is 77.6 Å². The summed E-state index contributed by atoms with van der Waals surface area (Å²) in [5.41, 5.74) is 3.52. The van der Waals surface area contributed by atoms with Crippen LogP contribution in [-0.2, 0) is 6.54 Å². The number of non-ortho nitro benzene ring substituents is 1. The Hall–Kier alpha value is -4.26. The molecule has 0 fully saturated rings. The molecule has 0 aliphatic heterocycles. The number of hydrogen-bond donors (Lipinski definition) is 1. The molecule has 0 saturated carbocycles. The van der Waals surface area contributed by atoms with Crippen molar-refractivity contribution in [2.75, 3.05) is 4.90 Å². The average Bonchev–Trinajstić information content (AvgIpc) is 2.79. The van der Waals surface area contributed by atoms with Crippen LogP contribution in [0.25, 0.3) is 10.9 Å². The molecule has 0 aliphatic rings. The molecule has 0 saturated heterocycles. The Morgan fingerprint density at radius 3 is 2.50 bits per heavy atom. The molecule has 7 heteroatoms. The summed E-state index contributed by atoms with van der Waals surface area (Å²) in [6.07, 6.45) is 0. The van der Waals surface area contributed by atoms with Gasteiger partial charge in [-0.1, -0.05) is 30.3 Å². The van der Waals surface area contributed by atoms with Crippen LogP contribution in [0.4, 0.5) is 11.4 Å². The van der Waals surface area contributed by atoms with E-state index >= 15 is 0 Å². The van der Waals surface area contributed by atoms with Crippen molar-refractivity contribution >= 4 is 28.2 Å². The molecule has 1 N–H and O–H groups in total. The number of carbonyl (C=O) groups excluding carboxylic acids is 1. The summed E-state index contributed by atoms with van der Waals surface area (Å²) in [6, 6.07) is 20.4. The predicted octanol–water partition coefficient (Wildman–Crippen LogP) is 4.90. The van der Waals surface area contributed by atoms with E-state index in [1.165, 1.54) is 29.2 Å². The Bertz CT molecular complexity index is 1410. The van der Waals surface area contributed by atoms with E-state index in [1.807, 2.05) is 56.3 Å². The number of carbonyl (C=O) groups is 1. The fraction of sp³-hybridized carbons (Fsp3) is 0.120. The van der Waals surface area contributed by atoms with Crippen molar-refractivity contribution in [3.05, 3.63) is 116 Å². The van der Waals surface area contributed by atoms with Crippen LogP contribution in [0.1, 0.15) is 27.0 Å². The molecule has 0 atom stereocenters. The number of anilines is 1. The number of nitro groups is 1. The minimum atomic E-state index is -0.537. The van der Waals surface area contributed by atoms with Crippen LogP contribution >= 0.6 is 0 Å². The molecule has 4 rings (SSSR count). The van der Waals surface area contributed by atoms with Gasteiger partial charge >= 0.3 is 0 Å². The lowest BCUT2D eigenvalue weighted by atomic mass is 10.1. The number of H-pyrrole nitrogens is 1. The molecule has 0 unspecified atom stereocenters. The second-order valence-corrected chi connectivity index (χ2v) is 7.68. The van der Waals surface area contributed by atoms with E-state index < -0.39 is 10.8 Å². The average molecular weight is 427 g/mol. The summed E-state index contributed by atoms with van der Waals surface area (Å²) in [4.78, 5) is 41.2. The van der Waals surface area contributed by atoms with Gasteiger partial charge in [0.25, 0.3) is 17.2 Å². The molecule has 0 aliphatic carbocycles. The third kappa shape index (κ3) is 4.13. The normalized spacial score (nSPS) is 10.8. The van der Waals surface area contributed by atoms with Crippen LogP contribution < -0.4 is 10.5 Å². The van der Waals surface area contributed by atoms with Gasteiger partial charge in [-0.3, -0.25) is 19.7 Å². The maximum atomic E-state index is 13.5. The molecule has 32 heavy (non-hydrogen) atoms. The fourth-order valence-electron chi connectivity index (χ4n) is 3.56. The minimum absolute atomic E-state index is 0.0180. The Labute approximate surface area is 184 Å². The first-order valence-corrected chi connectivity index (χ1v) is 10.1. The summed E-state index contributed by atoms with van der Waals surface area (Å²) >= 11 is 0. The zero-order valence-corrected chi connectivity index (χ0v) is 17.7. The van der Waals surface area contributed by atoms with Crippen LogP contribution in [0.3, 0.4) is 0 Å². The molecular formula is C25H21N3O4. The van der Waals surface area contributed by atoms with Crippen molar-refractivity contribution in [1.82, 2.24) is 4.98 Å². The molecule has 1 aromatic heterocycles. The van der Waals surface area contributed by atoms with Gasteiger partial charge in [0.15, 0.2) is 0 Å². The summed E-state index contributed by atoms with van der Waals surface area (Å²) in [7, 11) is 0. The second kappa shape index (κ2) is 8.47. The number of aromatic amines is 1. The van der Waals surface area contributed by atoms with Crippen LogP contribution in [-0.4, -0.2) is 15.8 Å². The van der Waals surface area contributed by atoms with Crippen molar-refractivity contribution in [3.63, 3.8) is 0 Å². The van der Waals surface area contributed by atoms with Gasteiger partial charge in [0.05, 0.1) is 11.5 Å². The van der Waals surface area contributed by atoms with Gasteiger partial charge in [-0.25, -0.2) is 0 Å². The number of amides is 1. The predicted molar refractivity (Wildman–Crippen MR) is 124 cm³/mol. The summed E-state index contributed by atoms with van der Waals surface area (Å²) in [5, 5.41) is 12.0. The van der Waals surface area contributed by atoms with E-state index in [2.05, 4.69) is 4.98 Å². The molecular weight excluding hydrogens is 406 g/mol. The number of aryl methyl sites for hydroxylation is 2. The zero-order chi connectivity index (χ0) is 22.8. The van der Waals surface area contributed by atoms with E-state index in [1.54, 1.807) is 6.07 Å². The number of hydrogen-bond acceptors (Lipinski definition) is 4. The monoisotopic (exact) mass is 427 g/mol. The van der Waals surface area contributed by atoms with Gasteiger partial charge in [-0.05, 0) is 60.7 Å². The third-order valence-electron chi connectivity index (χ3n) is 5.51. The fourth-order valence-corrected chi connectivity index (χ4v) is 3.56. The number of nitro benzene ring substituents is 1. The minimum Gasteiger partial charge on any atom is -0.322 e. The first-order chi connectivity index (χ1) is 15.3. The van der Waals surface area contributed by atoms with Gasteiger partial charge in [0.1, 0.15) is 0 Å². The van der Waals surface area contributed by atoms with E-state index in [-0.39, 0.29) is 23.4 Å². The number of nitrogens with one attached hydrogen (secondary N) is 1. The molecule has 0 bridgehead atoms. The van der Waals surface area contributed by atoms with E-state index in [0.717, 1.165) is 16.5 Å². The number of nitrogens with zero attached hydrogens (tertiary/aromatic N) is 2. The van der Waals surface area contributed by atoms with Crippen molar-refractivity contribution in [3.8, 4) is 0 Å². The van der Waals surface area contributed by atoms with E-state index in [4.69, 9.17) is 0 Å². The maximum Gasteiger partial charge on any atom is 0.270 e. The topological polar surface area (TPSA) is 96.3 Å². The van der Waals surface area contributed by atoms with Crippen molar-refractivity contribution in [2.45, 2.75) is 20.4 Å². The largest absolute Gasteiger partial charge is 0.322 e. The quantitative estimate of drug-likeness (QED) is 0.362. The van der Waals surface area contributed by atoms with Gasteiger partial charge in [-0.15, -0.1) is 0 Å². The number of benzene rings is 3. The Balaban J connectivity index is 1.81. The lowest BCUT2D eigenvalue weighted by Gasteiger charge is -2.24. The lowest BCUT2D eigenvalue weighted by molar-refractivity contribution is -0.384. The zero-order valence-electron chi connectivity index (χ0n) is 17.7. The van der Waals surface area contributed by atoms with Crippen molar-refractivity contribution in [1.29, 1.82) is 0 Å². The molecule has 160 valence electrons. The summed E-state index contributed by atoms with van der Waals surface area (Å²) in [5.74, 6) is -0.426. The highest BCUT2D eigenvalue weighted by Gasteiger charge is 2.22. The van der Waals surface area contributed by atoms with Gasteiger partial charge in [-0.2, -0.15) is 0 Å². The highest BCUT2D eigenvalue weighted by molar-refractivity contribution is 6.06. The number of aromatic nitrogens is 1. The van der Waals surface area contributed by atoms with Gasteiger partial charge in [0.2, 0.25) is 0 Å². The molecule has 0 radical (unpaired) electrons. The third-order valence-corrected chi connectivity index (χ3v) is 5.51. The Morgan fingerprint density at radius 1 is 0.969 bits per heavy atom. The Kier molecular flexibility index (Phi) is 5.55. The SMILES string of the molecule is Cc1ccc(N(Cc2cc3ccccc3[nH]c2=O)C(=O)c2cccc([N+](=O)[O-])c2)cc1C. The highest BCUT2D eigenvalue weighted by atomic mass is 16.6. The number of pyridine rings is 1. The molecule has 1 amide bonds. The smallest absolute Gasteiger partial charge is 0.270 e. The highest BCUT2D eigenvalue weighted by Crippen LogP contribution is 2.24. The Morgan fingerprint density at radius 2 is 1.75 bits per heavy atom. The summed E-state index contributed by atoms with van der Waals surface area (Å²) < 4.78 is 0. The van der Waals surface area contributed by atoms with E-state index in [9.17, 15) is 19.7 Å². The van der Waals surface area contributed by atoms with Crippen LogP contribution in [0.2, 0.25) is 0 Å². The summed E-state index contributed by atoms with van der Waals surface area (Å²) in [6.45, 7) is 3.93. The molecule has 4 aromatic rings. The van der Waals surface area contributed by atoms with Crippen LogP contribution in [0, 0.1) is 24.0 Å². The number of fused-ring (bicyclic) bond motifs is 1. The molecule has 0 spiro atoms. The van der Waals surface area contributed by atoms with Crippen molar-refractivity contribution < 1.29 is 9.72 Å². The van der Waals surface area contributed by atoms with Gasteiger partial charge in [0, 0.05) is 34.5 Å². The maximum absolute atomic E-state index is 13.5.